The van der Waals surface area contributed by atoms with Gasteiger partial charge in [0, 0.05) is 6.54 Å². The fourth-order valence-electron chi connectivity index (χ4n) is 2.85. The topological polar surface area (TPSA) is 24.9 Å². The zero-order chi connectivity index (χ0) is 12.5. The summed E-state index contributed by atoms with van der Waals surface area (Å²) < 4.78 is 1.29. The lowest BCUT2D eigenvalue weighted by Gasteiger charge is -2.09. The van der Waals surface area contributed by atoms with Crippen LogP contribution in [0.4, 0.5) is 5.13 Å². The van der Waals surface area contributed by atoms with Crippen molar-refractivity contribution < 1.29 is 0 Å². The van der Waals surface area contributed by atoms with Crippen LogP contribution in [0.25, 0.3) is 10.2 Å². The van der Waals surface area contributed by atoms with Crippen molar-refractivity contribution in [3.63, 3.8) is 0 Å². The minimum Gasteiger partial charge on any atom is -0.361 e. The summed E-state index contributed by atoms with van der Waals surface area (Å²) in [6.07, 6.45) is 4.14. The minimum atomic E-state index is 0.841. The average molecular weight is 260 g/mol. The van der Waals surface area contributed by atoms with E-state index in [0.29, 0.717) is 0 Å². The van der Waals surface area contributed by atoms with Crippen LogP contribution in [0.5, 0.6) is 0 Å². The zero-order valence-electron chi connectivity index (χ0n) is 11.1. The van der Waals surface area contributed by atoms with Crippen LogP contribution in [0, 0.1) is 18.8 Å². The van der Waals surface area contributed by atoms with E-state index >= 15 is 0 Å². The summed E-state index contributed by atoms with van der Waals surface area (Å²) in [5, 5.41) is 4.60. The molecule has 96 valence electrons. The molecule has 1 aromatic carbocycles. The number of hydrogen-bond donors (Lipinski definition) is 1. The number of hydrogen-bond acceptors (Lipinski definition) is 3. The highest BCUT2D eigenvalue weighted by Crippen LogP contribution is 2.31. The Labute approximate surface area is 112 Å². The molecule has 1 fully saturated rings. The summed E-state index contributed by atoms with van der Waals surface area (Å²) in [5.41, 5.74) is 2.43. The van der Waals surface area contributed by atoms with Gasteiger partial charge in [0.25, 0.3) is 0 Å². The Morgan fingerprint density at radius 3 is 3.06 bits per heavy atom. The first-order chi connectivity index (χ1) is 8.70. The minimum absolute atomic E-state index is 0.841. The van der Waals surface area contributed by atoms with Crippen LogP contribution in [0.15, 0.2) is 18.2 Å². The summed E-state index contributed by atoms with van der Waals surface area (Å²) in [6, 6.07) is 6.46. The first kappa shape index (κ1) is 12.0. The zero-order valence-corrected chi connectivity index (χ0v) is 11.9. The fraction of sp³-hybridized carbons (Fsp3) is 0.533. The molecule has 1 aliphatic carbocycles. The predicted molar refractivity (Wildman–Crippen MR) is 79.4 cm³/mol. The number of benzene rings is 1. The van der Waals surface area contributed by atoms with Gasteiger partial charge in [-0.1, -0.05) is 30.7 Å². The molecule has 18 heavy (non-hydrogen) atoms. The van der Waals surface area contributed by atoms with E-state index in [4.69, 9.17) is 0 Å². The molecule has 0 saturated heterocycles. The number of aromatic nitrogens is 1. The van der Waals surface area contributed by atoms with Gasteiger partial charge in [0.2, 0.25) is 0 Å². The summed E-state index contributed by atoms with van der Waals surface area (Å²) in [5.74, 6) is 1.75. The second-order valence-corrected chi connectivity index (χ2v) is 6.69. The van der Waals surface area contributed by atoms with Gasteiger partial charge in [-0.15, -0.1) is 0 Å². The summed E-state index contributed by atoms with van der Waals surface area (Å²) >= 11 is 1.77. The van der Waals surface area contributed by atoms with Gasteiger partial charge in [-0.2, -0.15) is 0 Å². The van der Waals surface area contributed by atoms with Gasteiger partial charge >= 0.3 is 0 Å². The van der Waals surface area contributed by atoms with E-state index in [0.717, 1.165) is 29.0 Å². The monoisotopic (exact) mass is 260 g/mol. The maximum Gasteiger partial charge on any atom is 0.183 e. The Bertz CT molecular complexity index is 546. The summed E-state index contributed by atoms with van der Waals surface area (Å²) in [4.78, 5) is 4.64. The number of thiazole rings is 1. The number of anilines is 1. The molecule has 1 aromatic heterocycles. The van der Waals surface area contributed by atoms with Crippen molar-refractivity contribution in [2.75, 3.05) is 11.9 Å². The SMILES string of the molecule is Cc1ccc2nc(NCC3CCC(C)C3)sc2c1. The third kappa shape index (κ3) is 2.51. The van der Waals surface area contributed by atoms with Crippen molar-refractivity contribution in [3.8, 4) is 0 Å². The quantitative estimate of drug-likeness (QED) is 0.881. The molecule has 1 aliphatic rings. The van der Waals surface area contributed by atoms with E-state index < -0.39 is 0 Å². The number of nitrogens with one attached hydrogen (secondary N) is 1. The number of rotatable bonds is 3. The lowest BCUT2D eigenvalue weighted by atomic mass is 10.1. The maximum atomic E-state index is 4.64. The maximum absolute atomic E-state index is 4.64. The number of nitrogens with zero attached hydrogens (tertiary/aromatic N) is 1. The normalized spacial score (nSPS) is 23.7. The molecule has 0 bridgehead atoms. The molecule has 3 rings (SSSR count). The van der Waals surface area contributed by atoms with E-state index in [1.165, 1.54) is 29.5 Å². The van der Waals surface area contributed by atoms with Crippen molar-refractivity contribution in [1.82, 2.24) is 4.98 Å². The second-order valence-electron chi connectivity index (χ2n) is 5.66. The van der Waals surface area contributed by atoms with Crippen LogP contribution in [0.1, 0.15) is 31.7 Å². The molecular formula is C15H20N2S. The van der Waals surface area contributed by atoms with E-state index in [-0.39, 0.29) is 0 Å². The van der Waals surface area contributed by atoms with Gasteiger partial charge in [-0.05, 0) is 49.3 Å². The molecule has 0 spiro atoms. The van der Waals surface area contributed by atoms with Crippen LogP contribution in [0.2, 0.25) is 0 Å². The molecular weight excluding hydrogens is 240 g/mol. The molecule has 1 N–H and O–H groups in total. The fourth-order valence-corrected chi connectivity index (χ4v) is 3.82. The van der Waals surface area contributed by atoms with Crippen LogP contribution in [0.3, 0.4) is 0 Å². The lowest BCUT2D eigenvalue weighted by molar-refractivity contribution is 0.537. The standard InChI is InChI=1S/C15H20N2S/c1-10-3-5-12(7-10)9-16-15-17-13-6-4-11(2)8-14(13)18-15/h4,6,8,10,12H,3,5,7,9H2,1-2H3,(H,16,17). The molecule has 3 heteroatoms. The third-order valence-corrected chi connectivity index (χ3v) is 4.87. The Balaban J connectivity index is 1.67. The Hall–Kier alpha value is -1.09. The van der Waals surface area contributed by atoms with Crippen molar-refractivity contribution >= 4 is 26.7 Å². The van der Waals surface area contributed by atoms with Gasteiger partial charge in [-0.3, -0.25) is 0 Å². The molecule has 0 aliphatic heterocycles. The van der Waals surface area contributed by atoms with Gasteiger partial charge in [0.15, 0.2) is 5.13 Å². The number of aryl methyl sites for hydroxylation is 1. The summed E-state index contributed by atoms with van der Waals surface area (Å²) in [6.45, 7) is 5.58. The molecule has 1 saturated carbocycles. The van der Waals surface area contributed by atoms with E-state index in [2.05, 4.69) is 42.3 Å². The molecule has 2 atom stereocenters. The third-order valence-electron chi connectivity index (χ3n) is 3.89. The highest BCUT2D eigenvalue weighted by Gasteiger charge is 2.21. The average Bonchev–Trinajstić information content (AvgIpc) is 2.92. The van der Waals surface area contributed by atoms with E-state index in [1.807, 2.05) is 0 Å². The molecule has 2 aromatic rings. The molecule has 2 nitrogen and oxygen atoms in total. The van der Waals surface area contributed by atoms with Crippen molar-refractivity contribution in [3.05, 3.63) is 23.8 Å². The van der Waals surface area contributed by atoms with Crippen molar-refractivity contribution in [2.24, 2.45) is 11.8 Å². The molecule has 0 amide bonds. The van der Waals surface area contributed by atoms with Crippen LogP contribution < -0.4 is 5.32 Å². The van der Waals surface area contributed by atoms with Crippen molar-refractivity contribution in [2.45, 2.75) is 33.1 Å². The lowest BCUT2D eigenvalue weighted by Crippen LogP contribution is -2.11. The van der Waals surface area contributed by atoms with Gasteiger partial charge in [0.05, 0.1) is 10.2 Å². The first-order valence-corrected chi connectivity index (χ1v) is 7.63. The van der Waals surface area contributed by atoms with Crippen LogP contribution >= 0.6 is 11.3 Å². The van der Waals surface area contributed by atoms with Crippen LogP contribution in [-0.4, -0.2) is 11.5 Å². The molecule has 2 unspecified atom stereocenters. The second kappa shape index (κ2) is 4.88. The van der Waals surface area contributed by atoms with Gasteiger partial charge < -0.3 is 5.32 Å². The first-order valence-electron chi connectivity index (χ1n) is 6.82. The van der Waals surface area contributed by atoms with Gasteiger partial charge in [0.1, 0.15) is 0 Å². The Morgan fingerprint density at radius 1 is 1.39 bits per heavy atom. The van der Waals surface area contributed by atoms with E-state index in [9.17, 15) is 0 Å². The molecule has 0 radical (unpaired) electrons. The largest absolute Gasteiger partial charge is 0.361 e. The summed E-state index contributed by atoms with van der Waals surface area (Å²) in [7, 11) is 0. The van der Waals surface area contributed by atoms with Crippen molar-refractivity contribution in [1.29, 1.82) is 0 Å². The van der Waals surface area contributed by atoms with Crippen LogP contribution in [-0.2, 0) is 0 Å². The van der Waals surface area contributed by atoms with E-state index in [1.54, 1.807) is 11.3 Å². The Morgan fingerprint density at radius 2 is 2.28 bits per heavy atom. The molecule has 1 heterocycles. The predicted octanol–water partition coefficient (Wildman–Crippen LogP) is 4.45. The number of fused-ring (bicyclic) bond motifs is 1. The smallest absolute Gasteiger partial charge is 0.183 e. The van der Waals surface area contributed by atoms with Gasteiger partial charge in [-0.25, -0.2) is 4.98 Å². The highest BCUT2D eigenvalue weighted by molar-refractivity contribution is 7.22. The Kier molecular flexibility index (Phi) is 3.25. The highest BCUT2D eigenvalue weighted by atomic mass is 32.1.